The second kappa shape index (κ2) is 7.37. The van der Waals surface area contributed by atoms with E-state index in [1.165, 1.54) is 4.31 Å². The minimum Gasteiger partial charge on any atom is -0.476 e. The highest BCUT2D eigenvalue weighted by molar-refractivity contribution is 7.92. The summed E-state index contributed by atoms with van der Waals surface area (Å²) in [5, 5.41) is 2.83. The standard InChI is InChI=1S/C19H22N2O4S/c1-14-8-9-17-16(12-14)21(26(2,23)24)13-18(25-17)19(22)20-11-10-15-6-4-3-5-7-15/h3-9,12,18H,10-11,13H2,1-2H3,(H,20,22). The number of ether oxygens (including phenoxy) is 1. The SMILES string of the molecule is Cc1ccc2c(c1)N(S(C)(=O)=O)CC(C(=O)NCCc1ccccc1)O2. The van der Waals surface area contributed by atoms with Gasteiger partial charge in [0.25, 0.3) is 5.91 Å². The number of nitrogens with zero attached hydrogens (tertiary/aromatic N) is 1. The molecule has 0 aliphatic carbocycles. The average molecular weight is 374 g/mol. The molecule has 0 saturated heterocycles. The summed E-state index contributed by atoms with van der Waals surface area (Å²) in [6.45, 7) is 2.30. The van der Waals surface area contributed by atoms with Gasteiger partial charge in [0.1, 0.15) is 5.75 Å². The molecule has 1 atom stereocenters. The number of carbonyl (C=O) groups excluding carboxylic acids is 1. The zero-order chi connectivity index (χ0) is 18.7. The Bertz CT molecular complexity index is 897. The van der Waals surface area contributed by atoms with Crippen LogP contribution in [0.3, 0.4) is 0 Å². The topological polar surface area (TPSA) is 75.7 Å². The molecule has 0 saturated carbocycles. The van der Waals surface area contributed by atoms with Crippen molar-refractivity contribution in [2.75, 3.05) is 23.7 Å². The van der Waals surface area contributed by atoms with Crippen LogP contribution in [0.1, 0.15) is 11.1 Å². The number of rotatable bonds is 5. The molecule has 2 aromatic carbocycles. The van der Waals surface area contributed by atoms with Crippen molar-refractivity contribution in [3.05, 3.63) is 59.7 Å². The zero-order valence-corrected chi connectivity index (χ0v) is 15.6. The van der Waals surface area contributed by atoms with Crippen LogP contribution in [0.5, 0.6) is 5.75 Å². The lowest BCUT2D eigenvalue weighted by Gasteiger charge is -2.34. The maximum absolute atomic E-state index is 12.5. The van der Waals surface area contributed by atoms with Gasteiger partial charge in [-0.2, -0.15) is 0 Å². The van der Waals surface area contributed by atoms with Crippen LogP contribution in [0.2, 0.25) is 0 Å². The fourth-order valence-corrected chi connectivity index (χ4v) is 3.81. The Balaban J connectivity index is 1.70. The number of fused-ring (bicyclic) bond motifs is 1. The highest BCUT2D eigenvalue weighted by Crippen LogP contribution is 2.35. The number of hydrogen-bond donors (Lipinski definition) is 1. The van der Waals surface area contributed by atoms with Gasteiger partial charge in [-0.1, -0.05) is 36.4 Å². The number of anilines is 1. The maximum atomic E-state index is 12.5. The molecule has 1 unspecified atom stereocenters. The molecule has 2 aromatic rings. The summed E-state index contributed by atoms with van der Waals surface area (Å²) in [5.41, 5.74) is 2.52. The first kappa shape index (κ1) is 18.3. The first-order valence-corrected chi connectivity index (χ1v) is 10.3. The fourth-order valence-electron chi connectivity index (χ4n) is 2.90. The largest absolute Gasteiger partial charge is 0.476 e. The molecule has 1 aliphatic heterocycles. The predicted octanol–water partition coefficient (Wildman–Crippen LogP) is 1.88. The molecule has 7 heteroatoms. The van der Waals surface area contributed by atoms with Crippen LogP contribution in [0.15, 0.2) is 48.5 Å². The van der Waals surface area contributed by atoms with Gasteiger partial charge >= 0.3 is 0 Å². The van der Waals surface area contributed by atoms with Crippen molar-refractivity contribution < 1.29 is 17.9 Å². The van der Waals surface area contributed by atoms with Crippen LogP contribution in [-0.2, 0) is 21.2 Å². The smallest absolute Gasteiger partial charge is 0.263 e. The van der Waals surface area contributed by atoms with E-state index in [1.54, 1.807) is 12.1 Å². The number of hydrogen-bond acceptors (Lipinski definition) is 4. The van der Waals surface area contributed by atoms with E-state index in [1.807, 2.05) is 43.3 Å². The van der Waals surface area contributed by atoms with Crippen LogP contribution < -0.4 is 14.4 Å². The summed E-state index contributed by atoms with van der Waals surface area (Å²) in [7, 11) is -3.51. The Morgan fingerprint density at radius 3 is 2.65 bits per heavy atom. The number of sulfonamides is 1. The molecular formula is C19H22N2O4S. The zero-order valence-electron chi connectivity index (χ0n) is 14.8. The Hall–Kier alpha value is -2.54. The summed E-state index contributed by atoms with van der Waals surface area (Å²) in [6.07, 6.45) is 0.954. The fraction of sp³-hybridized carbons (Fsp3) is 0.316. The summed E-state index contributed by atoms with van der Waals surface area (Å²) in [6, 6.07) is 15.1. The van der Waals surface area contributed by atoms with Gasteiger partial charge < -0.3 is 10.1 Å². The molecular weight excluding hydrogens is 352 g/mol. The minimum absolute atomic E-state index is 0.0353. The second-order valence-electron chi connectivity index (χ2n) is 6.40. The molecule has 0 spiro atoms. The molecule has 1 heterocycles. The number of amides is 1. The third kappa shape index (κ3) is 4.16. The predicted molar refractivity (Wildman–Crippen MR) is 101 cm³/mol. The lowest BCUT2D eigenvalue weighted by atomic mass is 10.1. The van der Waals surface area contributed by atoms with E-state index in [4.69, 9.17) is 4.74 Å². The number of carbonyl (C=O) groups is 1. The maximum Gasteiger partial charge on any atom is 0.263 e. The Kier molecular flexibility index (Phi) is 5.18. The molecule has 0 aromatic heterocycles. The third-order valence-corrected chi connectivity index (χ3v) is 5.38. The van der Waals surface area contributed by atoms with Gasteiger partial charge in [0.2, 0.25) is 10.0 Å². The van der Waals surface area contributed by atoms with Gasteiger partial charge in [-0.05, 0) is 36.6 Å². The van der Waals surface area contributed by atoms with E-state index >= 15 is 0 Å². The van der Waals surface area contributed by atoms with Gasteiger partial charge in [-0.15, -0.1) is 0 Å². The van der Waals surface area contributed by atoms with Crippen molar-refractivity contribution >= 4 is 21.6 Å². The molecule has 0 bridgehead atoms. The average Bonchev–Trinajstić information content (AvgIpc) is 2.60. The second-order valence-corrected chi connectivity index (χ2v) is 8.31. The van der Waals surface area contributed by atoms with Gasteiger partial charge in [-0.3, -0.25) is 9.10 Å². The molecule has 26 heavy (non-hydrogen) atoms. The summed E-state index contributed by atoms with van der Waals surface area (Å²) in [4.78, 5) is 12.5. The molecule has 6 nitrogen and oxygen atoms in total. The first-order chi connectivity index (χ1) is 12.3. The van der Waals surface area contributed by atoms with Crippen LogP contribution in [0.25, 0.3) is 0 Å². The van der Waals surface area contributed by atoms with Crippen molar-refractivity contribution in [2.45, 2.75) is 19.4 Å². The van der Waals surface area contributed by atoms with Crippen LogP contribution >= 0.6 is 0 Å². The highest BCUT2D eigenvalue weighted by atomic mass is 32.2. The Morgan fingerprint density at radius 1 is 1.23 bits per heavy atom. The molecule has 138 valence electrons. The number of nitrogens with one attached hydrogen (secondary N) is 1. The van der Waals surface area contributed by atoms with E-state index in [0.717, 1.165) is 17.4 Å². The highest BCUT2D eigenvalue weighted by Gasteiger charge is 2.34. The van der Waals surface area contributed by atoms with Crippen molar-refractivity contribution in [3.63, 3.8) is 0 Å². The summed E-state index contributed by atoms with van der Waals surface area (Å²) < 4.78 is 31.3. The molecule has 1 N–H and O–H groups in total. The lowest BCUT2D eigenvalue weighted by Crippen LogP contribution is -2.50. The van der Waals surface area contributed by atoms with Crippen LogP contribution in [-0.4, -0.2) is 39.8 Å². The Morgan fingerprint density at radius 2 is 1.96 bits per heavy atom. The van der Waals surface area contributed by atoms with Crippen LogP contribution in [0, 0.1) is 6.92 Å². The van der Waals surface area contributed by atoms with Crippen molar-refractivity contribution in [2.24, 2.45) is 0 Å². The van der Waals surface area contributed by atoms with Gasteiger partial charge in [0, 0.05) is 6.54 Å². The molecule has 0 radical (unpaired) electrons. The number of aryl methyl sites for hydroxylation is 1. The van der Waals surface area contributed by atoms with Crippen molar-refractivity contribution in [1.82, 2.24) is 5.32 Å². The van der Waals surface area contributed by atoms with E-state index in [-0.39, 0.29) is 12.5 Å². The Labute approximate surface area is 153 Å². The normalized spacial score (nSPS) is 16.5. The van der Waals surface area contributed by atoms with Crippen molar-refractivity contribution in [1.29, 1.82) is 0 Å². The summed E-state index contributed by atoms with van der Waals surface area (Å²) in [5.74, 6) is 0.0799. The minimum atomic E-state index is -3.51. The number of benzene rings is 2. The van der Waals surface area contributed by atoms with Crippen LogP contribution in [0.4, 0.5) is 5.69 Å². The van der Waals surface area contributed by atoms with Gasteiger partial charge in [0.05, 0.1) is 18.5 Å². The third-order valence-electron chi connectivity index (χ3n) is 4.23. The molecule has 0 fully saturated rings. The summed E-state index contributed by atoms with van der Waals surface area (Å²) >= 11 is 0. The van der Waals surface area contributed by atoms with Gasteiger partial charge in [-0.25, -0.2) is 8.42 Å². The molecule has 1 amide bonds. The van der Waals surface area contributed by atoms with Crippen molar-refractivity contribution in [3.8, 4) is 5.75 Å². The van der Waals surface area contributed by atoms with E-state index < -0.39 is 16.1 Å². The quantitative estimate of drug-likeness (QED) is 0.867. The lowest BCUT2D eigenvalue weighted by molar-refractivity contribution is -0.127. The van der Waals surface area contributed by atoms with E-state index in [2.05, 4.69) is 5.32 Å². The van der Waals surface area contributed by atoms with E-state index in [0.29, 0.717) is 24.4 Å². The van der Waals surface area contributed by atoms with Gasteiger partial charge in [0.15, 0.2) is 6.10 Å². The first-order valence-electron chi connectivity index (χ1n) is 8.41. The molecule has 1 aliphatic rings. The molecule has 3 rings (SSSR count). The van der Waals surface area contributed by atoms with E-state index in [9.17, 15) is 13.2 Å². The monoisotopic (exact) mass is 374 g/mol.